The van der Waals surface area contributed by atoms with Crippen LogP contribution in [-0.2, 0) is 4.79 Å². The smallest absolute Gasteiger partial charge is 0.255 e. The molecule has 1 aromatic carbocycles. The Morgan fingerprint density at radius 1 is 1.17 bits per heavy atom. The molecule has 1 aromatic heterocycles. The van der Waals surface area contributed by atoms with Crippen molar-refractivity contribution in [3.05, 3.63) is 48.2 Å². The normalized spacial score (nSPS) is 10.0. The first-order chi connectivity index (χ1) is 11.0. The number of pyridine rings is 1. The fraction of sp³-hybridized carbons (Fsp3) is 0.188. The lowest BCUT2D eigenvalue weighted by Crippen LogP contribution is -2.20. The van der Waals surface area contributed by atoms with Gasteiger partial charge >= 0.3 is 0 Å². The number of nitrogens with zero attached hydrogens (tertiary/aromatic N) is 2. The van der Waals surface area contributed by atoms with Crippen LogP contribution in [0.1, 0.15) is 10.4 Å². The van der Waals surface area contributed by atoms with E-state index in [1.54, 1.807) is 36.5 Å². The highest BCUT2D eigenvalue weighted by Crippen LogP contribution is 2.15. The van der Waals surface area contributed by atoms with Gasteiger partial charge in [-0.1, -0.05) is 0 Å². The van der Waals surface area contributed by atoms with Gasteiger partial charge < -0.3 is 20.7 Å². The summed E-state index contributed by atoms with van der Waals surface area (Å²) in [5.74, 6) is 0.461. The zero-order chi connectivity index (χ0) is 16.8. The van der Waals surface area contributed by atoms with Gasteiger partial charge in [0.25, 0.3) is 11.8 Å². The number of hydrogen-bond donors (Lipinski definition) is 2. The van der Waals surface area contributed by atoms with Crippen LogP contribution in [0.2, 0.25) is 0 Å². The van der Waals surface area contributed by atoms with Crippen LogP contribution in [0.3, 0.4) is 0 Å². The lowest BCUT2D eigenvalue weighted by Gasteiger charge is -2.11. The van der Waals surface area contributed by atoms with E-state index in [2.05, 4.69) is 10.3 Å². The molecule has 0 aliphatic rings. The van der Waals surface area contributed by atoms with Gasteiger partial charge in [0.15, 0.2) is 6.61 Å². The van der Waals surface area contributed by atoms with Crippen molar-refractivity contribution in [2.45, 2.75) is 0 Å². The minimum atomic E-state index is -0.555. The summed E-state index contributed by atoms with van der Waals surface area (Å²) >= 11 is 0. The van der Waals surface area contributed by atoms with E-state index in [1.807, 2.05) is 25.1 Å². The van der Waals surface area contributed by atoms with Gasteiger partial charge in [0.1, 0.15) is 11.6 Å². The largest absolute Gasteiger partial charge is 0.484 e. The fourth-order valence-corrected chi connectivity index (χ4v) is 1.78. The molecule has 0 spiro atoms. The third-order valence-corrected chi connectivity index (χ3v) is 2.96. The number of rotatable bonds is 6. The summed E-state index contributed by atoms with van der Waals surface area (Å²) in [6.45, 7) is -0.199. The Hall–Kier alpha value is -3.09. The van der Waals surface area contributed by atoms with E-state index in [-0.39, 0.29) is 12.5 Å². The maximum absolute atomic E-state index is 12.1. The second-order valence-electron chi connectivity index (χ2n) is 5.03. The zero-order valence-electron chi connectivity index (χ0n) is 12.9. The summed E-state index contributed by atoms with van der Waals surface area (Å²) in [6.07, 6.45) is 1.59. The lowest BCUT2D eigenvalue weighted by molar-refractivity contribution is -0.119. The molecule has 7 nitrogen and oxygen atoms in total. The van der Waals surface area contributed by atoms with E-state index in [1.165, 1.54) is 0 Å². The number of benzene rings is 1. The quantitative estimate of drug-likeness (QED) is 0.836. The zero-order valence-corrected chi connectivity index (χ0v) is 12.9. The van der Waals surface area contributed by atoms with E-state index in [4.69, 9.17) is 10.5 Å². The summed E-state index contributed by atoms with van der Waals surface area (Å²) in [5.41, 5.74) is 6.07. The first-order valence-electron chi connectivity index (χ1n) is 6.91. The number of carbonyl (C=O) groups excluding carboxylic acids is 2. The Balaban J connectivity index is 1.98. The van der Waals surface area contributed by atoms with Crippen molar-refractivity contribution in [1.29, 1.82) is 0 Å². The van der Waals surface area contributed by atoms with Crippen molar-refractivity contribution in [2.75, 3.05) is 30.9 Å². The van der Waals surface area contributed by atoms with E-state index in [9.17, 15) is 9.59 Å². The number of amides is 2. The summed E-state index contributed by atoms with van der Waals surface area (Å²) in [5, 5.41) is 2.76. The van der Waals surface area contributed by atoms with E-state index in [0.717, 1.165) is 5.82 Å². The first kappa shape index (κ1) is 16.3. The molecule has 0 radical (unpaired) electrons. The summed E-state index contributed by atoms with van der Waals surface area (Å²) in [4.78, 5) is 28.9. The molecule has 7 heteroatoms. The van der Waals surface area contributed by atoms with Crippen LogP contribution in [0.5, 0.6) is 5.75 Å². The topological polar surface area (TPSA) is 97.5 Å². The molecule has 0 aliphatic heterocycles. The fourth-order valence-electron chi connectivity index (χ4n) is 1.78. The van der Waals surface area contributed by atoms with Gasteiger partial charge in [0.2, 0.25) is 0 Å². The van der Waals surface area contributed by atoms with Gasteiger partial charge in [-0.15, -0.1) is 0 Å². The molecule has 0 bridgehead atoms. The van der Waals surface area contributed by atoms with Crippen molar-refractivity contribution in [3.63, 3.8) is 0 Å². The highest BCUT2D eigenvalue weighted by molar-refractivity contribution is 6.04. The molecule has 120 valence electrons. The predicted molar refractivity (Wildman–Crippen MR) is 87.6 cm³/mol. The number of carbonyl (C=O) groups is 2. The van der Waals surface area contributed by atoms with Crippen molar-refractivity contribution >= 4 is 23.3 Å². The molecule has 2 aromatic rings. The molecule has 0 saturated carbocycles. The van der Waals surface area contributed by atoms with E-state index < -0.39 is 5.91 Å². The Morgan fingerprint density at radius 2 is 1.87 bits per heavy atom. The van der Waals surface area contributed by atoms with Crippen LogP contribution < -0.4 is 20.7 Å². The standard InChI is InChI=1S/C16H18N4O3/c1-20(2)15-8-5-12(9-18-15)19-16(22)11-3-6-13(7-4-11)23-10-14(17)21/h3-9H,10H2,1-2H3,(H2,17,21)(H,19,22). The number of aromatic nitrogens is 1. The number of hydrogen-bond acceptors (Lipinski definition) is 5. The average Bonchev–Trinajstić information content (AvgIpc) is 2.54. The van der Waals surface area contributed by atoms with Crippen molar-refractivity contribution < 1.29 is 14.3 Å². The molecule has 0 unspecified atom stereocenters. The Kier molecular flexibility index (Phi) is 5.14. The lowest BCUT2D eigenvalue weighted by atomic mass is 10.2. The second kappa shape index (κ2) is 7.26. The summed E-state index contributed by atoms with van der Waals surface area (Å²) < 4.78 is 5.14. The molecule has 1 heterocycles. The molecule has 2 amide bonds. The maximum Gasteiger partial charge on any atom is 0.255 e. The van der Waals surface area contributed by atoms with Gasteiger partial charge in [0, 0.05) is 19.7 Å². The third-order valence-electron chi connectivity index (χ3n) is 2.96. The van der Waals surface area contributed by atoms with Gasteiger partial charge in [0.05, 0.1) is 11.9 Å². The SMILES string of the molecule is CN(C)c1ccc(NC(=O)c2ccc(OCC(N)=O)cc2)cn1. The number of nitrogens with two attached hydrogens (primary N) is 1. The Morgan fingerprint density at radius 3 is 2.39 bits per heavy atom. The van der Waals surface area contributed by atoms with Crippen molar-refractivity contribution in [1.82, 2.24) is 4.98 Å². The van der Waals surface area contributed by atoms with Crippen LogP contribution in [0.25, 0.3) is 0 Å². The number of nitrogens with one attached hydrogen (secondary N) is 1. The van der Waals surface area contributed by atoms with Crippen molar-refractivity contribution in [2.24, 2.45) is 5.73 Å². The summed E-state index contributed by atoms with van der Waals surface area (Å²) in [7, 11) is 3.78. The minimum Gasteiger partial charge on any atom is -0.484 e. The van der Waals surface area contributed by atoms with Crippen molar-refractivity contribution in [3.8, 4) is 5.75 Å². The van der Waals surface area contributed by atoms with E-state index >= 15 is 0 Å². The monoisotopic (exact) mass is 314 g/mol. The number of ether oxygens (including phenoxy) is 1. The van der Waals surface area contributed by atoms with Crippen LogP contribution in [-0.4, -0.2) is 37.5 Å². The molecule has 0 aliphatic carbocycles. The van der Waals surface area contributed by atoms with Gasteiger partial charge in [-0.2, -0.15) is 0 Å². The molecule has 0 atom stereocenters. The van der Waals surface area contributed by atoms with Crippen LogP contribution in [0, 0.1) is 0 Å². The Bertz CT molecular complexity index is 681. The van der Waals surface area contributed by atoms with Crippen LogP contribution in [0.4, 0.5) is 11.5 Å². The first-order valence-corrected chi connectivity index (χ1v) is 6.91. The molecular formula is C16H18N4O3. The van der Waals surface area contributed by atoms with Gasteiger partial charge in [-0.3, -0.25) is 9.59 Å². The maximum atomic E-state index is 12.1. The van der Waals surface area contributed by atoms with Crippen LogP contribution in [0.15, 0.2) is 42.6 Å². The molecule has 0 saturated heterocycles. The molecule has 0 fully saturated rings. The minimum absolute atomic E-state index is 0.199. The molecular weight excluding hydrogens is 296 g/mol. The van der Waals surface area contributed by atoms with Crippen LogP contribution >= 0.6 is 0 Å². The number of anilines is 2. The highest BCUT2D eigenvalue weighted by atomic mass is 16.5. The highest BCUT2D eigenvalue weighted by Gasteiger charge is 2.07. The van der Waals surface area contributed by atoms with Gasteiger partial charge in [-0.25, -0.2) is 4.98 Å². The van der Waals surface area contributed by atoms with Gasteiger partial charge in [-0.05, 0) is 36.4 Å². The number of primary amides is 1. The summed E-state index contributed by atoms with van der Waals surface area (Å²) in [6, 6.07) is 10.0. The average molecular weight is 314 g/mol. The molecule has 2 rings (SSSR count). The Labute approximate surface area is 134 Å². The second-order valence-corrected chi connectivity index (χ2v) is 5.03. The third kappa shape index (κ3) is 4.70. The predicted octanol–water partition coefficient (Wildman–Crippen LogP) is 1.26. The van der Waals surface area contributed by atoms with E-state index in [0.29, 0.717) is 17.0 Å². The molecule has 23 heavy (non-hydrogen) atoms. The molecule has 3 N–H and O–H groups in total.